The standard InChI is InChI=1S/C28H56N2O2.C26H50O4.C2H4O/c1-5-7-10-15-26(16-11-8-6-2)17-14-24-32-28(31)18-12-9-13-21-30-23-20-27(25-30)19-22-29(3)4;1-3-5-7-9-12-16-20-25(21-17-13-10-8-6-4-2)30-26(28)22-18-14-11-15-19-23-29-24-27;1-2-3/h26-27H,5-25H2,1-4H3;24-25H,3-23H2,1-2H3;2H,1H3. The van der Waals surface area contributed by atoms with Crippen LogP contribution in [0.15, 0.2) is 0 Å². The minimum absolute atomic E-state index is 0.0127. The fourth-order valence-corrected chi connectivity index (χ4v) is 8.85. The van der Waals surface area contributed by atoms with Crippen molar-refractivity contribution >= 4 is 24.7 Å². The van der Waals surface area contributed by atoms with E-state index in [-0.39, 0.29) is 18.0 Å². The van der Waals surface area contributed by atoms with Gasteiger partial charge in [-0.15, -0.1) is 0 Å². The number of hydrogen-bond donors (Lipinski definition) is 0. The van der Waals surface area contributed by atoms with Crippen molar-refractivity contribution in [1.29, 1.82) is 0 Å². The van der Waals surface area contributed by atoms with Crippen LogP contribution < -0.4 is 0 Å². The molecule has 0 amide bonds. The molecule has 1 aliphatic heterocycles. The Hall–Kier alpha value is -2.00. The Balaban J connectivity index is 0. The summed E-state index contributed by atoms with van der Waals surface area (Å²) >= 11 is 0. The first-order valence-electron chi connectivity index (χ1n) is 27.9. The molecule has 1 atom stereocenters. The van der Waals surface area contributed by atoms with Crippen molar-refractivity contribution in [1.82, 2.24) is 9.80 Å². The maximum absolute atomic E-state index is 12.3. The van der Waals surface area contributed by atoms with Crippen LogP contribution >= 0.6 is 0 Å². The van der Waals surface area contributed by atoms with Crippen LogP contribution in [-0.4, -0.2) is 94.1 Å². The summed E-state index contributed by atoms with van der Waals surface area (Å²) in [5.74, 6) is 1.72. The lowest BCUT2D eigenvalue weighted by atomic mass is 9.91. The van der Waals surface area contributed by atoms with Crippen LogP contribution in [0.25, 0.3) is 0 Å². The molecule has 0 aliphatic carbocycles. The Bertz CT molecular complexity index is 985. The molecule has 0 bridgehead atoms. The molecule has 1 saturated heterocycles. The Kier molecular flexibility index (Phi) is 53.0. The number of rotatable bonds is 45. The van der Waals surface area contributed by atoms with Crippen LogP contribution in [0.4, 0.5) is 0 Å². The number of esters is 2. The zero-order chi connectivity index (χ0) is 48.3. The lowest BCUT2D eigenvalue weighted by Gasteiger charge is -2.18. The van der Waals surface area contributed by atoms with Gasteiger partial charge < -0.3 is 28.8 Å². The van der Waals surface area contributed by atoms with Crippen LogP contribution in [0.1, 0.15) is 266 Å². The molecule has 0 radical (unpaired) electrons. The molecule has 1 aliphatic rings. The summed E-state index contributed by atoms with van der Waals surface area (Å²) in [5, 5.41) is 0. The first-order chi connectivity index (χ1) is 31.7. The lowest BCUT2D eigenvalue weighted by Crippen LogP contribution is -2.23. The molecular weight excluding hydrogens is 813 g/mol. The van der Waals surface area contributed by atoms with Gasteiger partial charge >= 0.3 is 11.9 Å². The summed E-state index contributed by atoms with van der Waals surface area (Å²) in [6.45, 7) is 17.1. The highest BCUT2D eigenvalue weighted by molar-refractivity contribution is 5.69. The molecule has 1 unspecified atom stereocenters. The van der Waals surface area contributed by atoms with Gasteiger partial charge in [-0.2, -0.15) is 0 Å². The summed E-state index contributed by atoms with van der Waals surface area (Å²) in [6.07, 6.45) is 43.5. The fraction of sp³-hybridized carbons (Fsp3) is 0.929. The number of ether oxygens (including phenoxy) is 3. The van der Waals surface area contributed by atoms with E-state index < -0.39 is 0 Å². The van der Waals surface area contributed by atoms with Gasteiger partial charge in [0.25, 0.3) is 6.47 Å². The van der Waals surface area contributed by atoms with Crippen molar-refractivity contribution in [3.8, 4) is 0 Å². The van der Waals surface area contributed by atoms with Crippen LogP contribution in [-0.2, 0) is 33.4 Å². The largest absolute Gasteiger partial charge is 0.468 e. The minimum atomic E-state index is -0.0127. The number of nitrogens with zero attached hydrogens (tertiary/aromatic N) is 2. The Morgan fingerprint density at radius 2 is 1.05 bits per heavy atom. The van der Waals surface area contributed by atoms with E-state index >= 15 is 0 Å². The van der Waals surface area contributed by atoms with Gasteiger partial charge in [-0.25, -0.2) is 0 Å². The number of aldehydes is 1. The number of likely N-dealkylation sites (tertiary alicyclic amines) is 1. The van der Waals surface area contributed by atoms with E-state index in [4.69, 9.17) is 14.3 Å². The monoisotopic (exact) mass is 923 g/mol. The van der Waals surface area contributed by atoms with Crippen LogP contribution in [0.5, 0.6) is 0 Å². The van der Waals surface area contributed by atoms with E-state index in [9.17, 15) is 14.4 Å². The van der Waals surface area contributed by atoms with Gasteiger partial charge in [-0.05, 0) is 130 Å². The van der Waals surface area contributed by atoms with Gasteiger partial charge in [-0.1, -0.05) is 169 Å². The van der Waals surface area contributed by atoms with E-state index in [1.54, 1.807) is 0 Å². The zero-order valence-corrected chi connectivity index (χ0v) is 44.3. The minimum Gasteiger partial charge on any atom is -0.468 e. The van der Waals surface area contributed by atoms with E-state index in [1.807, 2.05) is 0 Å². The van der Waals surface area contributed by atoms with Crippen LogP contribution in [0.3, 0.4) is 0 Å². The average molecular weight is 924 g/mol. The quantitative estimate of drug-likeness (QED) is 0.0256. The Labute approximate surface area is 403 Å². The third-order valence-corrected chi connectivity index (χ3v) is 12.9. The molecule has 65 heavy (non-hydrogen) atoms. The van der Waals surface area contributed by atoms with Gasteiger partial charge in [0.2, 0.25) is 0 Å². The third kappa shape index (κ3) is 49.7. The average Bonchev–Trinajstić information content (AvgIpc) is 3.75. The van der Waals surface area contributed by atoms with Gasteiger partial charge in [0, 0.05) is 19.4 Å². The summed E-state index contributed by atoms with van der Waals surface area (Å²) < 4.78 is 16.1. The lowest BCUT2D eigenvalue weighted by molar-refractivity contribution is -0.150. The van der Waals surface area contributed by atoms with Crippen molar-refractivity contribution in [3.63, 3.8) is 0 Å². The second-order valence-electron chi connectivity index (χ2n) is 19.5. The molecule has 1 fully saturated rings. The zero-order valence-electron chi connectivity index (χ0n) is 44.3. The molecule has 0 saturated carbocycles. The molecule has 9 heteroatoms. The maximum Gasteiger partial charge on any atom is 0.306 e. The fourth-order valence-electron chi connectivity index (χ4n) is 8.85. The highest BCUT2D eigenvalue weighted by Crippen LogP contribution is 2.23. The third-order valence-electron chi connectivity index (χ3n) is 12.9. The molecule has 1 rings (SSSR count). The second kappa shape index (κ2) is 53.0. The van der Waals surface area contributed by atoms with E-state index in [2.05, 4.69) is 56.3 Å². The Morgan fingerprint density at radius 1 is 0.585 bits per heavy atom. The molecule has 386 valence electrons. The smallest absolute Gasteiger partial charge is 0.306 e. The molecule has 0 aromatic carbocycles. The second-order valence-corrected chi connectivity index (χ2v) is 19.5. The summed E-state index contributed by atoms with van der Waals surface area (Å²) in [5.41, 5.74) is 0. The van der Waals surface area contributed by atoms with Crippen LogP contribution in [0, 0.1) is 11.8 Å². The van der Waals surface area contributed by atoms with Gasteiger partial charge in [0.1, 0.15) is 12.4 Å². The van der Waals surface area contributed by atoms with E-state index in [1.165, 1.54) is 187 Å². The number of carbonyl (C=O) groups is 4. The summed E-state index contributed by atoms with van der Waals surface area (Å²) in [6, 6.07) is 0. The molecule has 0 N–H and O–H groups in total. The molecule has 1 heterocycles. The van der Waals surface area contributed by atoms with Crippen molar-refractivity contribution in [2.45, 2.75) is 272 Å². The van der Waals surface area contributed by atoms with Crippen molar-refractivity contribution < 1.29 is 33.4 Å². The predicted octanol–water partition coefficient (Wildman–Crippen LogP) is 15.0. The number of hydrogen-bond acceptors (Lipinski definition) is 9. The molecule has 9 nitrogen and oxygen atoms in total. The topological polar surface area (TPSA) is 102 Å². The highest BCUT2D eigenvalue weighted by atomic mass is 16.5. The molecule has 0 aromatic rings. The van der Waals surface area contributed by atoms with Crippen molar-refractivity contribution in [3.05, 3.63) is 0 Å². The van der Waals surface area contributed by atoms with Crippen LogP contribution in [0.2, 0.25) is 0 Å². The van der Waals surface area contributed by atoms with Crippen molar-refractivity contribution in [2.75, 3.05) is 53.5 Å². The first-order valence-corrected chi connectivity index (χ1v) is 27.9. The predicted molar refractivity (Wildman–Crippen MR) is 275 cm³/mol. The first kappa shape index (κ1) is 65.1. The summed E-state index contributed by atoms with van der Waals surface area (Å²) in [4.78, 5) is 48.2. The van der Waals surface area contributed by atoms with Gasteiger partial charge in [0.05, 0.1) is 13.2 Å². The normalized spacial score (nSPS) is 13.7. The molecular formula is C56H110N2O7. The van der Waals surface area contributed by atoms with Crippen molar-refractivity contribution in [2.24, 2.45) is 11.8 Å². The SMILES string of the molecule is CC=O.CCCCCC(CCCCC)CCCOC(=O)CCCCCN1CCC(CCN(C)C)C1.CCCCCCCCC(CCCCCCCC)OC(=O)CCCCCCCOC=O. The number of unbranched alkanes of at least 4 members (excludes halogenated alkanes) is 20. The Morgan fingerprint density at radius 3 is 1.60 bits per heavy atom. The van der Waals surface area contributed by atoms with E-state index in [0.717, 1.165) is 82.3 Å². The van der Waals surface area contributed by atoms with E-state index in [0.29, 0.717) is 32.5 Å². The van der Waals surface area contributed by atoms with Gasteiger partial charge in [-0.3, -0.25) is 14.4 Å². The van der Waals surface area contributed by atoms with Gasteiger partial charge in [0.15, 0.2) is 0 Å². The highest BCUT2D eigenvalue weighted by Gasteiger charge is 2.22. The maximum atomic E-state index is 12.3. The molecule has 0 spiro atoms. The molecule has 0 aromatic heterocycles. The number of carbonyl (C=O) groups excluding carboxylic acids is 4. The summed E-state index contributed by atoms with van der Waals surface area (Å²) in [7, 11) is 4.33.